The summed E-state index contributed by atoms with van der Waals surface area (Å²) in [7, 11) is 0. The van der Waals surface area contributed by atoms with Crippen molar-refractivity contribution in [2.45, 2.75) is 34.2 Å². The van der Waals surface area contributed by atoms with Crippen molar-refractivity contribution < 1.29 is 0 Å². The first-order valence-electron chi connectivity index (χ1n) is 7.55. The van der Waals surface area contributed by atoms with E-state index in [0.717, 1.165) is 31.5 Å². The monoisotopic (exact) mass is 262 g/mol. The molecule has 1 rings (SSSR count). The van der Waals surface area contributed by atoms with Crippen LogP contribution in [-0.2, 0) is 6.54 Å². The van der Waals surface area contributed by atoms with Crippen LogP contribution in [0.25, 0.3) is 0 Å². The zero-order chi connectivity index (χ0) is 14.1. The van der Waals surface area contributed by atoms with E-state index in [1.807, 2.05) is 0 Å². The van der Waals surface area contributed by atoms with Gasteiger partial charge in [-0.25, -0.2) is 0 Å². The van der Waals surface area contributed by atoms with E-state index in [9.17, 15) is 0 Å². The summed E-state index contributed by atoms with van der Waals surface area (Å²) in [6, 6.07) is 10.6. The quantitative estimate of drug-likeness (QED) is 0.686. The molecule has 2 heteroatoms. The second-order valence-electron chi connectivity index (χ2n) is 6.21. The summed E-state index contributed by atoms with van der Waals surface area (Å²) in [5.41, 5.74) is 1.36. The van der Waals surface area contributed by atoms with Crippen molar-refractivity contribution in [2.75, 3.05) is 26.2 Å². The van der Waals surface area contributed by atoms with Crippen LogP contribution in [0, 0.1) is 11.8 Å². The maximum Gasteiger partial charge on any atom is 0.0206 e. The Kier molecular flexibility index (Phi) is 7.76. The van der Waals surface area contributed by atoms with Gasteiger partial charge in [-0.2, -0.15) is 0 Å². The van der Waals surface area contributed by atoms with Gasteiger partial charge in [0.15, 0.2) is 0 Å². The van der Waals surface area contributed by atoms with Gasteiger partial charge < -0.3 is 10.2 Å². The van der Waals surface area contributed by atoms with Gasteiger partial charge >= 0.3 is 0 Å². The van der Waals surface area contributed by atoms with Crippen molar-refractivity contribution >= 4 is 0 Å². The Morgan fingerprint density at radius 3 is 2.05 bits per heavy atom. The third-order valence-corrected chi connectivity index (χ3v) is 3.02. The number of benzene rings is 1. The highest BCUT2D eigenvalue weighted by Crippen LogP contribution is 2.03. The molecule has 0 saturated carbocycles. The van der Waals surface area contributed by atoms with Crippen LogP contribution in [0.2, 0.25) is 0 Å². The molecule has 0 aliphatic heterocycles. The fraction of sp³-hybridized carbons (Fsp3) is 0.647. The number of hydrogen-bond donors (Lipinski definition) is 1. The van der Waals surface area contributed by atoms with E-state index in [0.29, 0.717) is 0 Å². The highest BCUT2D eigenvalue weighted by Gasteiger charge is 2.08. The number of nitrogens with zero attached hydrogens (tertiary/aromatic N) is 1. The zero-order valence-electron chi connectivity index (χ0n) is 13.0. The molecule has 1 N–H and O–H groups in total. The van der Waals surface area contributed by atoms with Crippen LogP contribution in [-0.4, -0.2) is 31.1 Å². The number of hydrogen-bond acceptors (Lipinski definition) is 2. The zero-order valence-corrected chi connectivity index (χ0v) is 13.0. The molecule has 0 heterocycles. The summed E-state index contributed by atoms with van der Waals surface area (Å²) >= 11 is 0. The van der Waals surface area contributed by atoms with E-state index in [-0.39, 0.29) is 0 Å². The number of rotatable bonds is 9. The van der Waals surface area contributed by atoms with Crippen LogP contribution in [0.3, 0.4) is 0 Å². The molecule has 108 valence electrons. The second kappa shape index (κ2) is 9.11. The Labute approximate surface area is 119 Å². The smallest absolute Gasteiger partial charge is 0.0206 e. The van der Waals surface area contributed by atoms with Crippen molar-refractivity contribution in [1.29, 1.82) is 0 Å². The predicted octanol–water partition coefficient (Wildman–Crippen LogP) is 3.39. The van der Waals surface area contributed by atoms with Gasteiger partial charge in [0.2, 0.25) is 0 Å². The minimum absolute atomic E-state index is 0.743. The standard InChI is InChI=1S/C17H30N2/c1-15(2)13-19(14-16(3)4)11-10-18-12-17-8-6-5-7-9-17/h5-9,15-16,18H,10-14H2,1-4H3. The minimum Gasteiger partial charge on any atom is -0.311 e. The van der Waals surface area contributed by atoms with Crippen molar-refractivity contribution in [2.24, 2.45) is 11.8 Å². The molecule has 1 aromatic rings. The van der Waals surface area contributed by atoms with Crippen molar-refractivity contribution in [1.82, 2.24) is 10.2 Å². The van der Waals surface area contributed by atoms with Gasteiger partial charge in [0.1, 0.15) is 0 Å². The third-order valence-electron chi connectivity index (χ3n) is 3.02. The molecular formula is C17H30N2. The molecule has 0 aliphatic rings. The van der Waals surface area contributed by atoms with Gasteiger partial charge in [-0.15, -0.1) is 0 Å². The van der Waals surface area contributed by atoms with E-state index >= 15 is 0 Å². The minimum atomic E-state index is 0.743. The van der Waals surface area contributed by atoms with Crippen LogP contribution in [0.15, 0.2) is 30.3 Å². The third kappa shape index (κ3) is 8.02. The summed E-state index contributed by atoms with van der Waals surface area (Å²) < 4.78 is 0. The molecule has 0 bridgehead atoms. The van der Waals surface area contributed by atoms with Gasteiger partial charge in [-0.05, 0) is 17.4 Å². The molecule has 0 amide bonds. The Morgan fingerprint density at radius 2 is 1.53 bits per heavy atom. The maximum atomic E-state index is 3.54. The summed E-state index contributed by atoms with van der Waals surface area (Å²) in [6.45, 7) is 14.8. The summed E-state index contributed by atoms with van der Waals surface area (Å²) in [4.78, 5) is 2.58. The molecule has 0 fully saturated rings. The van der Waals surface area contributed by atoms with Gasteiger partial charge in [0, 0.05) is 32.7 Å². The maximum absolute atomic E-state index is 3.54. The average molecular weight is 262 g/mol. The second-order valence-corrected chi connectivity index (χ2v) is 6.21. The van der Waals surface area contributed by atoms with Gasteiger partial charge in [0.25, 0.3) is 0 Å². The molecule has 0 unspecified atom stereocenters. The molecule has 0 saturated heterocycles. The van der Waals surface area contributed by atoms with E-state index in [2.05, 4.69) is 68.2 Å². The fourth-order valence-electron chi connectivity index (χ4n) is 2.36. The highest BCUT2D eigenvalue weighted by molar-refractivity contribution is 5.14. The van der Waals surface area contributed by atoms with Crippen LogP contribution in [0.4, 0.5) is 0 Å². The molecule has 19 heavy (non-hydrogen) atoms. The summed E-state index contributed by atoms with van der Waals surface area (Å²) in [5, 5.41) is 3.54. The average Bonchev–Trinajstić information content (AvgIpc) is 2.34. The molecule has 0 radical (unpaired) electrons. The summed E-state index contributed by atoms with van der Waals surface area (Å²) in [6.07, 6.45) is 0. The largest absolute Gasteiger partial charge is 0.311 e. The fourth-order valence-corrected chi connectivity index (χ4v) is 2.36. The molecule has 0 atom stereocenters. The Morgan fingerprint density at radius 1 is 0.947 bits per heavy atom. The van der Waals surface area contributed by atoms with Crippen molar-refractivity contribution in [3.8, 4) is 0 Å². The lowest BCUT2D eigenvalue weighted by atomic mass is 10.1. The summed E-state index contributed by atoms with van der Waals surface area (Å²) in [5.74, 6) is 1.49. The van der Waals surface area contributed by atoms with Gasteiger partial charge in [0.05, 0.1) is 0 Å². The SMILES string of the molecule is CC(C)CN(CCNCc1ccccc1)CC(C)C. The molecule has 0 aliphatic carbocycles. The first-order valence-corrected chi connectivity index (χ1v) is 7.55. The van der Waals surface area contributed by atoms with Crippen molar-refractivity contribution in [3.63, 3.8) is 0 Å². The van der Waals surface area contributed by atoms with Crippen LogP contribution >= 0.6 is 0 Å². The normalized spacial score (nSPS) is 11.7. The lowest BCUT2D eigenvalue weighted by Crippen LogP contribution is -2.36. The lowest BCUT2D eigenvalue weighted by molar-refractivity contribution is 0.219. The molecule has 2 nitrogen and oxygen atoms in total. The Balaban J connectivity index is 2.23. The van der Waals surface area contributed by atoms with E-state index in [4.69, 9.17) is 0 Å². The van der Waals surface area contributed by atoms with Crippen LogP contribution in [0.1, 0.15) is 33.3 Å². The molecule has 0 spiro atoms. The Bertz CT molecular complexity index is 309. The molecule has 1 aromatic carbocycles. The first kappa shape index (κ1) is 16.2. The molecular weight excluding hydrogens is 232 g/mol. The topological polar surface area (TPSA) is 15.3 Å². The van der Waals surface area contributed by atoms with Gasteiger partial charge in [-0.3, -0.25) is 0 Å². The van der Waals surface area contributed by atoms with Crippen LogP contribution in [0.5, 0.6) is 0 Å². The van der Waals surface area contributed by atoms with Crippen LogP contribution < -0.4 is 5.32 Å². The Hall–Kier alpha value is -0.860. The molecule has 0 aromatic heterocycles. The van der Waals surface area contributed by atoms with E-state index in [1.165, 1.54) is 18.7 Å². The lowest BCUT2D eigenvalue weighted by Gasteiger charge is -2.26. The van der Waals surface area contributed by atoms with Crippen molar-refractivity contribution in [3.05, 3.63) is 35.9 Å². The first-order chi connectivity index (χ1) is 9.08. The van der Waals surface area contributed by atoms with Gasteiger partial charge in [-0.1, -0.05) is 58.0 Å². The predicted molar refractivity (Wildman–Crippen MR) is 84.3 cm³/mol. The highest BCUT2D eigenvalue weighted by atomic mass is 15.1. The van der Waals surface area contributed by atoms with E-state index < -0.39 is 0 Å². The number of nitrogens with one attached hydrogen (secondary N) is 1. The van der Waals surface area contributed by atoms with E-state index in [1.54, 1.807) is 0 Å².